The van der Waals surface area contributed by atoms with Gasteiger partial charge in [-0.1, -0.05) is 32.0 Å². The molecule has 0 aliphatic carbocycles. The zero-order chi connectivity index (χ0) is 43.1. The van der Waals surface area contributed by atoms with Gasteiger partial charge in [-0.15, -0.1) is 0 Å². The van der Waals surface area contributed by atoms with Gasteiger partial charge in [0.05, 0.1) is 36.7 Å². The Morgan fingerprint density at radius 1 is 0.774 bits per heavy atom. The third-order valence-electron chi connectivity index (χ3n) is 13.4. The molecule has 3 amide bonds. The normalized spacial score (nSPS) is 18.9. The van der Waals surface area contributed by atoms with Crippen LogP contribution in [-0.2, 0) is 46.9 Å². The lowest BCUT2D eigenvalue weighted by atomic mass is 9.90. The number of morpholine rings is 1. The van der Waals surface area contributed by atoms with E-state index in [1.54, 1.807) is 23.4 Å². The molecule has 0 spiro atoms. The van der Waals surface area contributed by atoms with Crippen LogP contribution in [0.2, 0.25) is 0 Å². The molecule has 0 unspecified atom stereocenters. The Hall–Kier alpha value is -5.87. The molecule has 5 aliphatic heterocycles. The molecular weight excluding hydrogens is 789 g/mol. The van der Waals surface area contributed by atoms with E-state index in [9.17, 15) is 24.6 Å². The first-order valence-corrected chi connectivity index (χ1v) is 22.0. The lowest BCUT2D eigenvalue weighted by molar-refractivity contribution is -0.144. The van der Waals surface area contributed by atoms with Gasteiger partial charge in [0.2, 0.25) is 23.7 Å². The molecule has 326 valence electrons. The summed E-state index contributed by atoms with van der Waals surface area (Å²) in [6, 6.07) is 9.25. The Morgan fingerprint density at radius 2 is 1.45 bits per heavy atom. The second-order valence-electron chi connectivity index (χ2n) is 17.7. The van der Waals surface area contributed by atoms with Gasteiger partial charge >= 0.3 is 0 Å². The van der Waals surface area contributed by atoms with Gasteiger partial charge < -0.3 is 40.3 Å². The monoisotopic (exact) mass is 844 g/mol. The Balaban J connectivity index is 0.759. The number of nitrogens with zero attached hydrogens (tertiary/aromatic N) is 9. The van der Waals surface area contributed by atoms with E-state index >= 15 is 0 Å². The number of likely N-dealkylation sites (tertiary alicyclic amines) is 2. The molecule has 0 atom stereocenters. The summed E-state index contributed by atoms with van der Waals surface area (Å²) in [5.41, 5.74) is 13.4. The number of phenols is 2. The standard InChI is InChI=1S/C46H56N10O6/c1-28(2)36-20-37(40(58)21-39(36)57)44(61)56-25-32-4-3-29(19-33(32)26-56)24-52-10-5-30(6-11-52)42(59)53-12-7-31(8-13-53)43(60)55-14-9-35-38(27-55)50-46(54-15-17-62-18-16-54)51-41(35)34-22-48-45(47)49-23-34/h3-4,19-23,28,30-31,57-58H,5-18,24-27H2,1-2H3,(H2,47,48,49). The Morgan fingerprint density at radius 3 is 2.16 bits per heavy atom. The van der Waals surface area contributed by atoms with E-state index in [2.05, 4.69) is 38.0 Å². The number of aromatic hydroxyl groups is 2. The van der Waals surface area contributed by atoms with Crippen molar-refractivity contribution in [3.63, 3.8) is 0 Å². The summed E-state index contributed by atoms with van der Waals surface area (Å²) < 4.78 is 5.57. The number of ether oxygens (including phenoxy) is 1. The summed E-state index contributed by atoms with van der Waals surface area (Å²) in [7, 11) is 0. The average Bonchev–Trinajstić information content (AvgIpc) is 3.72. The first-order valence-electron chi connectivity index (χ1n) is 22.0. The smallest absolute Gasteiger partial charge is 0.258 e. The van der Waals surface area contributed by atoms with Gasteiger partial charge in [0.15, 0.2) is 0 Å². The summed E-state index contributed by atoms with van der Waals surface area (Å²) in [4.78, 5) is 69.8. The van der Waals surface area contributed by atoms with Crippen LogP contribution in [0.5, 0.6) is 11.5 Å². The number of nitrogen functional groups attached to an aromatic ring is 1. The fourth-order valence-electron chi connectivity index (χ4n) is 9.76. The van der Waals surface area contributed by atoms with E-state index in [4.69, 9.17) is 20.4 Å². The minimum Gasteiger partial charge on any atom is -0.508 e. The zero-order valence-electron chi connectivity index (χ0n) is 35.6. The van der Waals surface area contributed by atoms with Crippen molar-refractivity contribution >= 4 is 29.6 Å². The van der Waals surface area contributed by atoms with E-state index in [-0.39, 0.29) is 58.5 Å². The summed E-state index contributed by atoms with van der Waals surface area (Å²) in [6.45, 7) is 12.0. The molecule has 0 radical (unpaired) electrons. The van der Waals surface area contributed by atoms with Gasteiger partial charge in [0.1, 0.15) is 11.5 Å². The number of piperidine rings is 2. The second-order valence-corrected chi connectivity index (χ2v) is 17.7. The van der Waals surface area contributed by atoms with E-state index in [0.717, 1.165) is 66.1 Å². The number of rotatable bonds is 8. The van der Waals surface area contributed by atoms with Gasteiger partial charge in [-0.05, 0) is 79.4 Å². The molecule has 9 rings (SSSR count). The lowest BCUT2D eigenvalue weighted by Gasteiger charge is -2.39. The van der Waals surface area contributed by atoms with Crippen molar-refractivity contribution in [2.75, 3.05) is 69.7 Å². The lowest BCUT2D eigenvalue weighted by Crippen LogP contribution is -2.48. The molecule has 4 N–H and O–H groups in total. The molecule has 3 saturated heterocycles. The Kier molecular flexibility index (Phi) is 11.7. The minimum absolute atomic E-state index is 0.00542. The van der Waals surface area contributed by atoms with E-state index < -0.39 is 0 Å². The van der Waals surface area contributed by atoms with Crippen molar-refractivity contribution in [2.45, 2.75) is 78.0 Å². The zero-order valence-corrected chi connectivity index (χ0v) is 35.6. The molecule has 3 fully saturated rings. The highest BCUT2D eigenvalue weighted by Gasteiger charge is 2.36. The summed E-state index contributed by atoms with van der Waals surface area (Å²) in [6.07, 6.45) is 6.91. The van der Waals surface area contributed by atoms with Crippen LogP contribution >= 0.6 is 0 Å². The number of anilines is 2. The van der Waals surface area contributed by atoms with E-state index in [0.29, 0.717) is 96.3 Å². The first-order chi connectivity index (χ1) is 30.0. The van der Waals surface area contributed by atoms with Crippen LogP contribution < -0.4 is 10.6 Å². The summed E-state index contributed by atoms with van der Waals surface area (Å²) in [5.74, 6) is 0.513. The fraction of sp³-hybridized carbons (Fsp3) is 0.500. The molecular formula is C46H56N10O6. The number of carbonyl (C=O) groups is 3. The number of amides is 3. The number of aromatic nitrogens is 4. The van der Waals surface area contributed by atoms with Crippen LogP contribution in [0, 0.1) is 11.8 Å². The second kappa shape index (κ2) is 17.5. The van der Waals surface area contributed by atoms with Gasteiger partial charge in [-0.3, -0.25) is 19.3 Å². The van der Waals surface area contributed by atoms with Crippen molar-refractivity contribution in [2.24, 2.45) is 11.8 Å². The maximum atomic E-state index is 14.0. The van der Waals surface area contributed by atoms with Gasteiger partial charge in [0, 0.05) is 93.8 Å². The molecule has 0 saturated carbocycles. The summed E-state index contributed by atoms with van der Waals surface area (Å²) >= 11 is 0. The largest absolute Gasteiger partial charge is 0.508 e. The van der Waals surface area contributed by atoms with Crippen molar-refractivity contribution in [3.05, 3.63) is 81.8 Å². The molecule has 2 aromatic carbocycles. The Labute approximate surface area is 361 Å². The quantitative estimate of drug-likeness (QED) is 0.230. The maximum absolute atomic E-state index is 14.0. The number of phenolic OH excluding ortho intramolecular Hbond substituents is 2. The fourth-order valence-corrected chi connectivity index (χ4v) is 9.76. The van der Waals surface area contributed by atoms with E-state index in [1.807, 2.05) is 23.6 Å². The SMILES string of the molecule is CC(C)c1cc(C(=O)N2Cc3ccc(CN4CCC(C(=O)N5CCC(C(=O)N6CCc7c(nc(N8CCOCC8)nc7-c7cnc(N)nc7)C6)CC5)CC4)cc3C2)c(O)cc1O. The van der Waals surface area contributed by atoms with Crippen LogP contribution in [0.3, 0.4) is 0 Å². The average molecular weight is 845 g/mol. The number of nitrogens with two attached hydrogens (primary N) is 1. The van der Waals surface area contributed by atoms with Crippen molar-refractivity contribution < 1.29 is 29.3 Å². The third kappa shape index (κ3) is 8.49. The molecule has 62 heavy (non-hydrogen) atoms. The molecule has 7 heterocycles. The van der Waals surface area contributed by atoms with Crippen molar-refractivity contribution in [1.82, 2.24) is 39.5 Å². The third-order valence-corrected chi connectivity index (χ3v) is 13.4. The van der Waals surface area contributed by atoms with Gasteiger partial charge in [-0.25, -0.2) is 19.9 Å². The number of fused-ring (bicyclic) bond motifs is 2. The summed E-state index contributed by atoms with van der Waals surface area (Å²) in [5, 5.41) is 20.8. The van der Waals surface area contributed by atoms with Crippen LogP contribution in [-0.4, -0.2) is 126 Å². The number of hydrogen-bond acceptors (Lipinski definition) is 13. The van der Waals surface area contributed by atoms with Gasteiger partial charge in [-0.2, -0.15) is 0 Å². The van der Waals surface area contributed by atoms with Crippen molar-refractivity contribution in [3.8, 4) is 22.8 Å². The Bertz CT molecular complexity index is 2340. The first kappa shape index (κ1) is 41.5. The molecule has 5 aliphatic rings. The predicted octanol–water partition coefficient (Wildman–Crippen LogP) is 4.08. The minimum atomic E-state index is -0.256. The topological polar surface area (TPSA) is 195 Å². The van der Waals surface area contributed by atoms with Crippen LogP contribution in [0.15, 0.2) is 42.7 Å². The number of benzene rings is 2. The van der Waals surface area contributed by atoms with Gasteiger partial charge in [0.25, 0.3) is 5.91 Å². The highest BCUT2D eigenvalue weighted by molar-refractivity contribution is 5.97. The van der Waals surface area contributed by atoms with E-state index in [1.165, 1.54) is 11.6 Å². The van der Waals surface area contributed by atoms with Crippen LogP contribution in [0.25, 0.3) is 11.3 Å². The van der Waals surface area contributed by atoms with Crippen molar-refractivity contribution in [1.29, 1.82) is 0 Å². The predicted molar refractivity (Wildman–Crippen MR) is 231 cm³/mol. The van der Waals surface area contributed by atoms with Crippen LogP contribution in [0.1, 0.15) is 89.3 Å². The van der Waals surface area contributed by atoms with Crippen LogP contribution in [0.4, 0.5) is 11.9 Å². The highest BCUT2D eigenvalue weighted by atomic mass is 16.5. The molecule has 16 heteroatoms. The number of carbonyl (C=O) groups excluding carboxylic acids is 3. The number of hydrogen-bond donors (Lipinski definition) is 3. The molecule has 4 aromatic rings. The highest BCUT2D eigenvalue weighted by Crippen LogP contribution is 2.36. The molecule has 2 aromatic heterocycles. The molecule has 0 bridgehead atoms. The maximum Gasteiger partial charge on any atom is 0.258 e. The molecule has 16 nitrogen and oxygen atoms in total.